The number of nitrogens with zero attached hydrogens (tertiary/aromatic N) is 2. The Kier molecular flexibility index (Phi) is 4.30. The van der Waals surface area contributed by atoms with Gasteiger partial charge in [-0.15, -0.1) is 11.8 Å². The molecule has 0 unspecified atom stereocenters. The van der Waals surface area contributed by atoms with Crippen molar-refractivity contribution < 1.29 is 24.2 Å². The van der Waals surface area contributed by atoms with Gasteiger partial charge in [-0.2, -0.15) is 0 Å². The van der Waals surface area contributed by atoms with Gasteiger partial charge in [0.1, 0.15) is 12.1 Å². The number of likely N-dealkylation sites (tertiary alicyclic amines) is 1. The van der Waals surface area contributed by atoms with E-state index < -0.39 is 17.7 Å². The number of amides is 2. The number of ether oxygens (including phenoxy) is 1. The van der Waals surface area contributed by atoms with Crippen LogP contribution in [0.4, 0.5) is 4.79 Å². The Morgan fingerprint density at radius 3 is 2.69 bits per heavy atom. The molecule has 1 aromatic rings. The van der Waals surface area contributed by atoms with Gasteiger partial charge in [-0.05, 0) is 18.1 Å². The van der Waals surface area contributed by atoms with E-state index >= 15 is 0 Å². The quantitative estimate of drug-likeness (QED) is 0.862. The van der Waals surface area contributed by atoms with Crippen LogP contribution in [-0.2, 0) is 20.7 Å². The predicted molar refractivity (Wildman–Crippen MR) is 94.0 cm³/mol. The van der Waals surface area contributed by atoms with E-state index in [9.17, 15) is 14.4 Å². The first-order valence-corrected chi connectivity index (χ1v) is 9.57. The Labute approximate surface area is 155 Å². The molecule has 3 heterocycles. The summed E-state index contributed by atoms with van der Waals surface area (Å²) in [5, 5.41) is 8.80. The third-order valence-corrected chi connectivity index (χ3v) is 6.58. The molecule has 0 aromatic heterocycles. The summed E-state index contributed by atoms with van der Waals surface area (Å²) in [6.07, 6.45) is 1.27. The fraction of sp³-hybridized carbons (Fsp3) is 0.500. The lowest BCUT2D eigenvalue weighted by Gasteiger charge is -2.38. The normalized spacial score (nSPS) is 23.8. The van der Waals surface area contributed by atoms with Gasteiger partial charge >= 0.3 is 12.1 Å². The summed E-state index contributed by atoms with van der Waals surface area (Å²) in [5.74, 6) is -0.919. The smallest absolute Gasteiger partial charge is 0.411 e. The maximum atomic E-state index is 12.9. The van der Waals surface area contributed by atoms with E-state index in [1.54, 1.807) is 11.8 Å². The number of carbonyl (C=O) groups is 3. The van der Waals surface area contributed by atoms with Crippen molar-refractivity contribution in [2.75, 3.05) is 26.2 Å². The molecule has 138 valence electrons. The third-order valence-electron chi connectivity index (χ3n) is 5.28. The lowest BCUT2D eigenvalue weighted by Crippen LogP contribution is -2.50. The predicted octanol–water partition coefficient (Wildman–Crippen LogP) is 1.60. The second-order valence-corrected chi connectivity index (χ2v) is 8.29. The average Bonchev–Trinajstić information content (AvgIpc) is 3.16. The number of rotatable bonds is 3. The molecule has 0 bridgehead atoms. The van der Waals surface area contributed by atoms with Crippen LogP contribution in [0.1, 0.15) is 18.4 Å². The van der Waals surface area contributed by atoms with Crippen molar-refractivity contribution >= 4 is 29.7 Å². The van der Waals surface area contributed by atoms with E-state index in [0.29, 0.717) is 25.9 Å². The minimum atomic E-state index is -1.05. The summed E-state index contributed by atoms with van der Waals surface area (Å²) in [6, 6.07) is 8.10. The molecule has 26 heavy (non-hydrogen) atoms. The Morgan fingerprint density at radius 2 is 2.00 bits per heavy atom. The van der Waals surface area contributed by atoms with Gasteiger partial charge in [-0.1, -0.05) is 18.2 Å². The monoisotopic (exact) mass is 376 g/mol. The van der Waals surface area contributed by atoms with Crippen LogP contribution in [0, 0.1) is 0 Å². The van der Waals surface area contributed by atoms with Crippen molar-refractivity contribution in [3.63, 3.8) is 0 Å². The minimum absolute atomic E-state index is 0.0870. The minimum Gasteiger partial charge on any atom is -0.480 e. The van der Waals surface area contributed by atoms with Crippen molar-refractivity contribution in [2.45, 2.75) is 35.0 Å². The number of carboxylic acids is 1. The zero-order valence-electron chi connectivity index (χ0n) is 14.2. The lowest BCUT2D eigenvalue weighted by atomic mass is 9.91. The number of carboxylic acid groups (broad SMARTS) is 1. The molecular formula is C18H20N2O5S. The Hall–Kier alpha value is -2.22. The zero-order chi connectivity index (χ0) is 18.3. The van der Waals surface area contributed by atoms with Gasteiger partial charge in [-0.3, -0.25) is 14.5 Å². The highest BCUT2D eigenvalue weighted by Gasteiger charge is 2.48. The fourth-order valence-corrected chi connectivity index (χ4v) is 5.18. The number of piperidine rings is 1. The summed E-state index contributed by atoms with van der Waals surface area (Å²) in [4.78, 5) is 39.8. The highest BCUT2D eigenvalue weighted by Crippen LogP contribution is 2.39. The van der Waals surface area contributed by atoms with Crippen LogP contribution in [-0.4, -0.2) is 69.9 Å². The molecule has 3 aliphatic rings. The van der Waals surface area contributed by atoms with E-state index in [2.05, 4.69) is 6.07 Å². The summed E-state index contributed by atoms with van der Waals surface area (Å²) in [6.45, 7) is 0.991. The Morgan fingerprint density at radius 1 is 1.27 bits per heavy atom. The molecule has 1 N–H and O–H groups in total. The SMILES string of the molecule is O=C(O)CN1CC2(CCN(C(=O)[C@@H]3Cc4ccccc4S3)CC2)OC1=O. The van der Waals surface area contributed by atoms with Crippen LogP contribution >= 0.6 is 11.8 Å². The molecule has 2 saturated heterocycles. The van der Waals surface area contributed by atoms with Crippen LogP contribution in [0.2, 0.25) is 0 Å². The van der Waals surface area contributed by atoms with Gasteiger partial charge in [0.15, 0.2) is 0 Å². The van der Waals surface area contributed by atoms with Gasteiger partial charge in [-0.25, -0.2) is 4.79 Å². The molecule has 1 aromatic carbocycles. The maximum absolute atomic E-state index is 12.9. The summed E-state index contributed by atoms with van der Waals surface area (Å²) < 4.78 is 5.49. The molecule has 4 rings (SSSR count). The molecule has 1 spiro atoms. The zero-order valence-corrected chi connectivity index (χ0v) is 15.0. The number of hydrogen-bond acceptors (Lipinski definition) is 5. The lowest BCUT2D eigenvalue weighted by molar-refractivity contribution is -0.137. The Balaban J connectivity index is 1.35. The molecule has 0 radical (unpaired) electrons. The van der Waals surface area contributed by atoms with Gasteiger partial charge < -0.3 is 14.7 Å². The molecule has 1 atom stereocenters. The van der Waals surface area contributed by atoms with Gasteiger partial charge in [0.25, 0.3) is 0 Å². The molecule has 2 fully saturated rings. The molecule has 7 nitrogen and oxygen atoms in total. The number of aliphatic carboxylic acids is 1. The first-order chi connectivity index (χ1) is 12.5. The van der Waals surface area contributed by atoms with Crippen molar-refractivity contribution in [3.8, 4) is 0 Å². The van der Waals surface area contributed by atoms with Crippen LogP contribution in [0.15, 0.2) is 29.2 Å². The highest BCUT2D eigenvalue weighted by atomic mass is 32.2. The van der Waals surface area contributed by atoms with Gasteiger partial charge in [0.2, 0.25) is 5.91 Å². The van der Waals surface area contributed by atoms with Gasteiger partial charge in [0.05, 0.1) is 11.8 Å². The van der Waals surface area contributed by atoms with E-state index in [4.69, 9.17) is 9.84 Å². The number of fused-ring (bicyclic) bond motifs is 1. The van der Waals surface area contributed by atoms with E-state index in [0.717, 1.165) is 6.42 Å². The molecule has 0 aliphatic carbocycles. The van der Waals surface area contributed by atoms with Gasteiger partial charge in [0, 0.05) is 30.8 Å². The van der Waals surface area contributed by atoms with Crippen molar-refractivity contribution in [3.05, 3.63) is 29.8 Å². The van der Waals surface area contributed by atoms with Crippen LogP contribution in [0.25, 0.3) is 0 Å². The molecule has 3 aliphatic heterocycles. The third kappa shape index (κ3) is 3.13. The summed E-state index contributed by atoms with van der Waals surface area (Å²) >= 11 is 1.62. The van der Waals surface area contributed by atoms with Crippen molar-refractivity contribution in [2.24, 2.45) is 0 Å². The molecular weight excluding hydrogens is 356 g/mol. The molecule has 8 heteroatoms. The van der Waals surface area contributed by atoms with Crippen LogP contribution in [0.3, 0.4) is 0 Å². The first kappa shape index (κ1) is 17.2. The number of hydrogen-bond donors (Lipinski definition) is 1. The van der Waals surface area contributed by atoms with E-state index in [-0.39, 0.29) is 24.2 Å². The average molecular weight is 376 g/mol. The summed E-state index contributed by atoms with van der Waals surface area (Å²) in [7, 11) is 0. The van der Waals surface area contributed by atoms with E-state index in [1.807, 2.05) is 23.1 Å². The number of thioether (sulfide) groups is 1. The molecule has 2 amide bonds. The van der Waals surface area contributed by atoms with Crippen LogP contribution in [0.5, 0.6) is 0 Å². The number of benzene rings is 1. The molecule has 0 saturated carbocycles. The summed E-state index contributed by atoms with van der Waals surface area (Å²) in [5.41, 5.74) is 0.563. The first-order valence-electron chi connectivity index (χ1n) is 8.69. The standard InChI is InChI=1S/C18H20N2O5S/c21-15(22)10-20-11-18(25-17(20)24)5-7-19(8-6-18)16(23)14-9-12-3-1-2-4-13(12)26-14/h1-4,14H,5-11H2,(H,21,22)/t14-/m0/s1. The Bertz CT molecular complexity index is 735. The van der Waals surface area contributed by atoms with Crippen LogP contribution < -0.4 is 0 Å². The largest absolute Gasteiger partial charge is 0.480 e. The van der Waals surface area contributed by atoms with Crippen molar-refractivity contribution in [1.29, 1.82) is 0 Å². The topological polar surface area (TPSA) is 87.2 Å². The van der Waals surface area contributed by atoms with E-state index in [1.165, 1.54) is 15.4 Å². The van der Waals surface area contributed by atoms with Crippen molar-refractivity contribution in [1.82, 2.24) is 9.80 Å². The highest BCUT2D eigenvalue weighted by molar-refractivity contribution is 8.01. The number of carbonyl (C=O) groups excluding carboxylic acids is 2. The fourth-order valence-electron chi connectivity index (χ4n) is 3.90. The maximum Gasteiger partial charge on any atom is 0.411 e. The second-order valence-electron chi connectivity index (χ2n) is 7.04. The second kappa shape index (κ2) is 6.50.